The number of carbonyl (C=O) groups excluding carboxylic acids is 1. The maximum Gasteiger partial charge on any atom is 0.249 e. The van der Waals surface area contributed by atoms with Crippen molar-refractivity contribution in [2.75, 3.05) is 6.54 Å². The van der Waals surface area contributed by atoms with Gasteiger partial charge in [-0.3, -0.25) is 4.79 Å². The average molecular weight is 288 g/mol. The zero-order valence-electron chi connectivity index (χ0n) is 11.6. The Hall–Kier alpha value is -1.65. The molecule has 3 N–H and O–H groups in total. The Balaban J connectivity index is 1.72. The summed E-state index contributed by atoms with van der Waals surface area (Å²) in [5.41, 5.74) is 7.21. The molecule has 3 nitrogen and oxygen atoms in total. The Bertz CT molecular complexity index is 551. The fourth-order valence-electron chi connectivity index (χ4n) is 2.08. The molecule has 0 fully saturated rings. The number of thiophene rings is 1. The molecular weight excluding hydrogens is 268 g/mol. The van der Waals surface area contributed by atoms with Crippen LogP contribution in [0.4, 0.5) is 0 Å². The predicted octanol–water partition coefficient (Wildman–Crippen LogP) is 3.13. The molecule has 1 aromatic carbocycles. The highest BCUT2D eigenvalue weighted by atomic mass is 32.1. The molecule has 0 bridgehead atoms. The van der Waals surface area contributed by atoms with E-state index in [1.165, 1.54) is 5.56 Å². The third kappa shape index (κ3) is 4.18. The molecule has 2 aromatic rings. The normalized spacial score (nSPS) is 12.2. The van der Waals surface area contributed by atoms with Crippen LogP contribution in [0.3, 0.4) is 0 Å². The van der Waals surface area contributed by atoms with Crippen molar-refractivity contribution in [1.82, 2.24) is 5.32 Å². The van der Waals surface area contributed by atoms with E-state index in [0.717, 1.165) is 24.4 Å². The highest BCUT2D eigenvalue weighted by Gasteiger charge is 2.06. The van der Waals surface area contributed by atoms with Crippen LogP contribution in [0.2, 0.25) is 0 Å². The molecule has 1 amide bonds. The molecule has 2 rings (SSSR count). The minimum atomic E-state index is -0.356. The van der Waals surface area contributed by atoms with Crippen LogP contribution < -0.4 is 11.1 Å². The third-order valence-electron chi connectivity index (χ3n) is 3.36. The molecule has 1 unspecified atom stereocenters. The van der Waals surface area contributed by atoms with E-state index in [0.29, 0.717) is 11.5 Å². The topological polar surface area (TPSA) is 55.1 Å². The number of nitrogens with one attached hydrogen (secondary N) is 1. The van der Waals surface area contributed by atoms with Crippen molar-refractivity contribution in [3.8, 4) is 0 Å². The molecule has 1 atom stereocenters. The van der Waals surface area contributed by atoms with Crippen LogP contribution in [0.1, 0.15) is 40.1 Å². The predicted molar refractivity (Wildman–Crippen MR) is 84.0 cm³/mol. The molecule has 20 heavy (non-hydrogen) atoms. The molecule has 0 aliphatic rings. The number of hydrogen-bond acceptors (Lipinski definition) is 3. The minimum absolute atomic E-state index is 0.356. The standard InChI is InChI=1S/C16H20N2OS/c1-12(13-5-3-2-4-6-13)7-8-18-10-15-9-14(11-20-15)16(17)19/h2-6,9,11-12,18H,7-8,10H2,1H3,(H2,17,19). The van der Waals surface area contributed by atoms with Gasteiger partial charge < -0.3 is 11.1 Å². The van der Waals surface area contributed by atoms with Crippen LogP contribution in [0.5, 0.6) is 0 Å². The average Bonchev–Trinajstić information content (AvgIpc) is 2.93. The maximum absolute atomic E-state index is 11.0. The summed E-state index contributed by atoms with van der Waals surface area (Å²) in [7, 11) is 0. The number of benzene rings is 1. The van der Waals surface area contributed by atoms with Crippen LogP contribution in [-0.2, 0) is 6.54 Å². The number of carbonyl (C=O) groups is 1. The number of rotatable bonds is 7. The van der Waals surface area contributed by atoms with Crippen molar-refractivity contribution in [3.63, 3.8) is 0 Å². The van der Waals surface area contributed by atoms with Crippen molar-refractivity contribution in [2.45, 2.75) is 25.8 Å². The van der Waals surface area contributed by atoms with Gasteiger partial charge in [-0.15, -0.1) is 11.3 Å². The number of primary amides is 1. The van der Waals surface area contributed by atoms with E-state index in [1.54, 1.807) is 11.3 Å². The molecule has 4 heteroatoms. The Morgan fingerprint density at radius 1 is 1.35 bits per heavy atom. The van der Waals surface area contributed by atoms with Crippen LogP contribution in [-0.4, -0.2) is 12.5 Å². The Morgan fingerprint density at radius 3 is 2.75 bits per heavy atom. The second-order valence-corrected chi connectivity index (χ2v) is 5.94. The third-order valence-corrected chi connectivity index (χ3v) is 4.30. The van der Waals surface area contributed by atoms with Gasteiger partial charge in [-0.05, 0) is 30.5 Å². The van der Waals surface area contributed by atoms with E-state index in [2.05, 4.69) is 36.5 Å². The first kappa shape index (κ1) is 14.8. The first-order valence-corrected chi connectivity index (χ1v) is 7.67. The quantitative estimate of drug-likeness (QED) is 0.769. The zero-order valence-corrected chi connectivity index (χ0v) is 12.5. The van der Waals surface area contributed by atoms with Gasteiger partial charge in [0.05, 0.1) is 5.56 Å². The summed E-state index contributed by atoms with van der Waals surface area (Å²) in [6.07, 6.45) is 1.10. The molecule has 0 radical (unpaired) electrons. The monoisotopic (exact) mass is 288 g/mol. The second kappa shape index (κ2) is 7.22. The fraction of sp³-hybridized carbons (Fsp3) is 0.312. The molecule has 0 spiro atoms. The van der Waals surface area contributed by atoms with Crippen molar-refractivity contribution < 1.29 is 4.79 Å². The van der Waals surface area contributed by atoms with Gasteiger partial charge >= 0.3 is 0 Å². The molecule has 1 heterocycles. The van der Waals surface area contributed by atoms with Gasteiger partial charge in [-0.2, -0.15) is 0 Å². The highest BCUT2D eigenvalue weighted by Crippen LogP contribution is 2.18. The van der Waals surface area contributed by atoms with E-state index in [9.17, 15) is 4.79 Å². The molecular formula is C16H20N2OS. The molecule has 1 aromatic heterocycles. The van der Waals surface area contributed by atoms with E-state index in [1.807, 2.05) is 17.5 Å². The van der Waals surface area contributed by atoms with E-state index in [4.69, 9.17) is 5.73 Å². The molecule has 106 valence electrons. The Labute approximate surface area is 123 Å². The van der Waals surface area contributed by atoms with Crippen molar-refractivity contribution in [3.05, 3.63) is 57.8 Å². The first-order chi connectivity index (χ1) is 9.66. The number of amides is 1. The summed E-state index contributed by atoms with van der Waals surface area (Å²) in [5, 5.41) is 5.22. The summed E-state index contributed by atoms with van der Waals surface area (Å²) in [5.74, 6) is 0.193. The first-order valence-electron chi connectivity index (χ1n) is 6.79. The van der Waals surface area contributed by atoms with Crippen molar-refractivity contribution in [1.29, 1.82) is 0 Å². The van der Waals surface area contributed by atoms with Crippen molar-refractivity contribution in [2.24, 2.45) is 5.73 Å². The van der Waals surface area contributed by atoms with Gasteiger partial charge in [0.15, 0.2) is 0 Å². The fourth-order valence-corrected chi connectivity index (χ4v) is 2.92. The second-order valence-electron chi connectivity index (χ2n) is 4.94. The number of hydrogen-bond donors (Lipinski definition) is 2. The Kier molecular flexibility index (Phi) is 5.32. The SMILES string of the molecule is CC(CCNCc1cc(C(N)=O)cs1)c1ccccc1. The number of nitrogens with two attached hydrogens (primary N) is 1. The maximum atomic E-state index is 11.0. The largest absolute Gasteiger partial charge is 0.366 e. The van der Waals surface area contributed by atoms with Crippen LogP contribution >= 0.6 is 11.3 Å². The Morgan fingerprint density at radius 2 is 2.10 bits per heavy atom. The summed E-state index contributed by atoms with van der Waals surface area (Å²) in [6, 6.07) is 12.4. The zero-order chi connectivity index (χ0) is 14.4. The molecule has 0 aliphatic carbocycles. The van der Waals surface area contributed by atoms with Gasteiger partial charge in [-0.1, -0.05) is 37.3 Å². The molecule has 0 aliphatic heterocycles. The minimum Gasteiger partial charge on any atom is -0.366 e. The van der Waals surface area contributed by atoms with Gasteiger partial charge in [-0.25, -0.2) is 0 Å². The smallest absolute Gasteiger partial charge is 0.249 e. The molecule has 0 saturated heterocycles. The lowest BCUT2D eigenvalue weighted by Crippen LogP contribution is -2.16. The summed E-state index contributed by atoms with van der Waals surface area (Å²) in [4.78, 5) is 12.1. The molecule has 0 saturated carbocycles. The van der Waals surface area contributed by atoms with Crippen LogP contribution in [0.25, 0.3) is 0 Å². The van der Waals surface area contributed by atoms with Gasteiger partial charge in [0.1, 0.15) is 0 Å². The van der Waals surface area contributed by atoms with Crippen molar-refractivity contribution >= 4 is 17.2 Å². The highest BCUT2D eigenvalue weighted by molar-refractivity contribution is 7.10. The lowest BCUT2D eigenvalue weighted by Gasteiger charge is -2.12. The van der Waals surface area contributed by atoms with Crippen LogP contribution in [0, 0.1) is 0 Å². The lowest BCUT2D eigenvalue weighted by molar-refractivity contribution is 0.100. The van der Waals surface area contributed by atoms with Crippen LogP contribution in [0.15, 0.2) is 41.8 Å². The lowest BCUT2D eigenvalue weighted by atomic mass is 9.98. The van der Waals surface area contributed by atoms with Gasteiger partial charge in [0.25, 0.3) is 0 Å². The van der Waals surface area contributed by atoms with E-state index < -0.39 is 0 Å². The van der Waals surface area contributed by atoms with E-state index >= 15 is 0 Å². The summed E-state index contributed by atoms with van der Waals surface area (Å²) >= 11 is 1.57. The summed E-state index contributed by atoms with van der Waals surface area (Å²) < 4.78 is 0. The van der Waals surface area contributed by atoms with Gasteiger partial charge in [0.2, 0.25) is 5.91 Å². The van der Waals surface area contributed by atoms with E-state index in [-0.39, 0.29) is 5.91 Å². The summed E-state index contributed by atoms with van der Waals surface area (Å²) in [6.45, 7) is 3.99. The van der Waals surface area contributed by atoms with Gasteiger partial charge in [0, 0.05) is 16.8 Å².